The quantitative estimate of drug-likeness (QED) is 0.229. The molecule has 0 radical (unpaired) electrons. The normalized spacial score (nSPS) is 39.1. The van der Waals surface area contributed by atoms with Gasteiger partial charge in [-0.25, -0.2) is 4.79 Å². The maximum Gasteiger partial charge on any atom is 0.338 e. The molecule has 4 aliphatic carbocycles. The third kappa shape index (κ3) is 5.66. The van der Waals surface area contributed by atoms with E-state index in [1.165, 1.54) is 77.3 Å². The molecule has 232 valence electrons. The van der Waals surface area contributed by atoms with Crippen molar-refractivity contribution in [2.45, 2.75) is 130 Å². The molecule has 42 heavy (non-hydrogen) atoms. The van der Waals surface area contributed by atoms with Crippen molar-refractivity contribution in [3.05, 3.63) is 47.5 Å². The molecule has 1 aromatic rings. The molecule has 0 spiro atoms. The molecule has 0 amide bonds. The SMILES string of the molecule is CC(C)CCC[C@@H](C)[C@H]1CC[C@H]2[C@@H]3[C@H](N4CCCCC4)C=C4C[C@H](OC(=O)c5ccccc5)CC[C@]4(C)[C@H]3CC[C@]12C. The number of piperidine rings is 1. The van der Waals surface area contributed by atoms with Gasteiger partial charge >= 0.3 is 5.97 Å². The number of benzene rings is 1. The largest absolute Gasteiger partial charge is 0.458 e. The Balaban J connectivity index is 1.25. The van der Waals surface area contributed by atoms with E-state index in [0.29, 0.717) is 17.0 Å². The first-order valence-electron chi connectivity index (χ1n) is 17.9. The summed E-state index contributed by atoms with van der Waals surface area (Å²) in [5.41, 5.74) is 3.05. The summed E-state index contributed by atoms with van der Waals surface area (Å²) in [6, 6.07) is 10.1. The summed E-state index contributed by atoms with van der Waals surface area (Å²) >= 11 is 0. The van der Waals surface area contributed by atoms with Crippen LogP contribution >= 0.6 is 0 Å². The number of hydrogen-bond acceptors (Lipinski definition) is 3. The van der Waals surface area contributed by atoms with Crippen LogP contribution in [0.5, 0.6) is 0 Å². The predicted octanol–water partition coefficient (Wildman–Crippen LogP) is 9.72. The van der Waals surface area contributed by atoms with Crippen molar-refractivity contribution in [3.63, 3.8) is 0 Å². The van der Waals surface area contributed by atoms with Gasteiger partial charge in [-0.3, -0.25) is 4.90 Å². The van der Waals surface area contributed by atoms with E-state index in [1.807, 2.05) is 30.3 Å². The van der Waals surface area contributed by atoms with E-state index in [1.54, 1.807) is 5.57 Å². The fraction of sp³-hybridized carbons (Fsp3) is 0.769. The number of esters is 1. The van der Waals surface area contributed by atoms with E-state index in [0.717, 1.165) is 54.8 Å². The molecule has 3 heteroatoms. The molecule has 1 aromatic carbocycles. The van der Waals surface area contributed by atoms with E-state index >= 15 is 0 Å². The van der Waals surface area contributed by atoms with Crippen LogP contribution in [-0.4, -0.2) is 36.1 Å². The van der Waals surface area contributed by atoms with Gasteiger partial charge < -0.3 is 4.74 Å². The number of nitrogens with zero attached hydrogens (tertiary/aromatic N) is 1. The molecule has 0 bridgehead atoms. The Labute approximate surface area is 257 Å². The molecule has 1 aliphatic heterocycles. The van der Waals surface area contributed by atoms with Crippen LogP contribution < -0.4 is 0 Å². The minimum atomic E-state index is -0.154. The van der Waals surface area contributed by atoms with Crippen LogP contribution in [-0.2, 0) is 4.74 Å². The Morgan fingerprint density at radius 3 is 2.43 bits per heavy atom. The molecule has 3 saturated carbocycles. The topological polar surface area (TPSA) is 29.5 Å². The second kappa shape index (κ2) is 12.4. The summed E-state index contributed by atoms with van der Waals surface area (Å²) in [7, 11) is 0. The summed E-state index contributed by atoms with van der Waals surface area (Å²) in [6.45, 7) is 15.2. The highest BCUT2D eigenvalue weighted by atomic mass is 16.5. The Morgan fingerprint density at radius 2 is 1.69 bits per heavy atom. The van der Waals surface area contributed by atoms with Crippen LogP contribution in [0.1, 0.15) is 128 Å². The first kappa shape index (κ1) is 30.4. The van der Waals surface area contributed by atoms with Crippen LogP contribution in [0.4, 0.5) is 0 Å². The van der Waals surface area contributed by atoms with Crippen LogP contribution in [0.15, 0.2) is 42.0 Å². The van der Waals surface area contributed by atoms with Crippen molar-refractivity contribution < 1.29 is 9.53 Å². The lowest BCUT2D eigenvalue weighted by molar-refractivity contribution is -0.0881. The molecule has 1 heterocycles. The maximum absolute atomic E-state index is 13.0. The van der Waals surface area contributed by atoms with Gasteiger partial charge in [0.2, 0.25) is 0 Å². The van der Waals surface area contributed by atoms with Crippen molar-refractivity contribution >= 4 is 5.97 Å². The maximum atomic E-state index is 13.0. The minimum absolute atomic E-state index is 0.00648. The van der Waals surface area contributed by atoms with Gasteiger partial charge in [-0.15, -0.1) is 0 Å². The highest BCUT2D eigenvalue weighted by Crippen LogP contribution is 2.68. The average molecular weight is 574 g/mol. The number of carbonyl (C=O) groups is 1. The van der Waals surface area contributed by atoms with Crippen molar-refractivity contribution in [1.82, 2.24) is 4.90 Å². The third-order valence-corrected chi connectivity index (χ3v) is 13.4. The summed E-state index contributed by atoms with van der Waals surface area (Å²) in [5, 5.41) is 0. The fourth-order valence-corrected chi connectivity index (χ4v) is 11.1. The first-order valence-corrected chi connectivity index (χ1v) is 17.9. The highest BCUT2D eigenvalue weighted by molar-refractivity contribution is 5.89. The molecular weight excluding hydrogens is 514 g/mol. The summed E-state index contributed by atoms with van der Waals surface area (Å²) in [4.78, 5) is 15.9. The van der Waals surface area contributed by atoms with Gasteiger partial charge in [0, 0.05) is 12.5 Å². The van der Waals surface area contributed by atoms with Crippen molar-refractivity contribution in [2.75, 3.05) is 13.1 Å². The fourth-order valence-electron chi connectivity index (χ4n) is 11.1. The molecule has 5 aliphatic rings. The van der Waals surface area contributed by atoms with Gasteiger partial charge in [0.05, 0.1) is 5.56 Å². The van der Waals surface area contributed by atoms with E-state index in [4.69, 9.17) is 4.74 Å². The number of ether oxygens (including phenoxy) is 1. The molecular formula is C39H59NO2. The second-order valence-corrected chi connectivity index (χ2v) is 16.2. The number of hydrogen-bond donors (Lipinski definition) is 0. The first-order chi connectivity index (χ1) is 20.2. The number of rotatable bonds is 8. The number of carbonyl (C=O) groups excluding carboxylic acids is 1. The average Bonchev–Trinajstić information content (AvgIpc) is 3.35. The third-order valence-electron chi connectivity index (χ3n) is 13.4. The zero-order chi connectivity index (χ0) is 29.5. The zero-order valence-electron chi connectivity index (χ0n) is 27.5. The standard InChI is InChI=1S/C39H59NO2/c1-27(2)13-12-14-28(3)32-17-18-33-36-34(20-22-39(32,33)5)38(4)21-19-31(42-37(41)29-15-8-6-9-16-29)25-30(38)26-35(36)40-23-10-7-11-24-40/h6,8-9,15-16,26-28,31-36H,7,10-14,17-25H2,1-5H3/t28-,31-,32-,33+,34+,35-,36+,38+,39-/m1/s1. The van der Waals surface area contributed by atoms with Crippen LogP contribution in [0.2, 0.25) is 0 Å². The van der Waals surface area contributed by atoms with Crippen LogP contribution in [0.3, 0.4) is 0 Å². The van der Waals surface area contributed by atoms with Crippen molar-refractivity contribution in [3.8, 4) is 0 Å². The monoisotopic (exact) mass is 573 g/mol. The molecule has 0 unspecified atom stereocenters. The molecule has 1 saturated heterocycles. The Hall–Kier alpha value is -1.61. The number of fused-ring (bicyclic) bond motifs is 5. The van der Waals surface area contributed by atoms with Crippen molar-refractivity contribution in [1.29, 1.82) is 0 Å². The van der Waals surface area contributed by atoms with Gasteiger partial charge in [0.1, 0.15) is 6.10 Å². The van der Waals surface area contributed by atoms with Gasteiger partial charge in [0.15, 0.2) is 0 Å². The lowest BCUT2D eigenvalue weighted by atomic mass is 9.45. The van der Waals surface area contributed by atoms with Crippen LogP contribution in [0.25, 0.3) is 0 Å². The van der Waals surface area contributed by atoms with Crippen molar-refractivity contribution in [2.24, 2.45) is 46.3 Å². The molecule has 3 nitrogen and oxygen atoms in total. The van der Waals surface area contributed by atoms with E-state index < -0.39 is 0 Å². The summed E-state index contributed by atoms with van der Waals surface area (Å²) in [5.74, 6) is 4.82. The second-order valence-electron chi connectivity index (χ2n) is 16.2. The smallest absolute Gasteiger partial charge is 0.338 e. The van der Waals surface area contributed by atoms with E-state index in [2.05, 4.69) is 45.6 Å². The van der Waals surface area contributed by atoms with Gasteiger partial charge in [-0.05, 0) is 123 Å². The van der Waals surface area contributed by atoms with Crippen LogP contribution in [0, 0.1) is 46.3 Å². The lowest BCUT2D eigenvalue weighted by Crippen LogP contribution is -2.59. The summed E-state index contributed by atoms with van der Waals surface area (Å²) < 4.78 is 6.17. The molecule has 4 fully saturated rings. The van der Waals surface area contributed by atoms with E-state index in [-0.39, 0.29) is 17.5 Å². The lowest BCUT2D eigenvalue weighted by Gasteiger charge is -2.62. The molecule has 9 atom stereocenters. The summed E-state index contributed by atoms with van der Waals surface area (Å²) in [6.07, 6.45) is 19.9. The van der Waals surface area contributed by atoms with Gasteiger partial charge in [-0.1, -0.05) is 90.2 Å². The Kier molecular flexibility index (Phi) is 8.99. The molecule has 6 rings (SSSR count). The van der Waals surface area contributed by atoms with Gasteiger partial charge in [0.25, 0.3) is 0 Å². The predicted molar refractivity (Wildman–Crippen MR) is 173 cm³/mol. The zero-order valence-corrected chi connectivity index (χ0v) is 27.5. The molecule has 0 aromatic heterocycles. The highest BCUT2D eigenvalue weighted by Gasteiger charge is 2.62. The minimum Gasteiger partial charge on any atom is -0.458 e. The number of likely N-dealkylation sites (tertiary alicyclic amines) is 1. The Bertz CT molecular complexity index is 1100. The van der Waals surface area contributed by atoms with E-state index in [9.17, 15) is 4.79 Å². The van der Waals surface area contributed by atoms with Gasteiger partial charge in [-0.2, -0.15) is 0 Å². The Morgan fingerprint density at radius 1 is 0.929 bits per heavy atom. The molecule has 0 N–H and O–H groups in total.